The Bertz CT molecular complexity index is 987. The van der Waals surface area contributed by atoms with Crippen molar-refractivity contribution in [1.29, 1.82) is 0 Å². The molecule has 1 amide bonds. The van der Waals surface area contributed by atoms with Crippen LogP contribution in [0, 0.1) is 0 Å². The van der Waals surface area contributed by atoms with E-state index in [0.717, 1.165) is 13.1 Å². The molecule has 1 aliphatic rings. The second-order valence-corrected chi connectivity index (χ2v) is 8.11. The number of nitrogens with one attached hydrogen (secondary N) is 1. The highest BCUT2D eigenvalue weighted by molar-refractivity contribution is 6.39. The first-order chi connectivity index (χ1) is 14.1. The Morgan fingerprint density at radius 3 is 2.38 bits per heavy atom. The third-order valence-corrected chi connectivity index (χ3v) is 5.98. The first kappa shape index (κ1) is 20.0. The summed E-state index contributed by atoms with van der Waals surface area (Å²) in [6.07, 6.45) is 0.380. The van der Waals surface area contributed by atoms with Crippen LogP contribution in [-0.2, 0) is 11.3 Å². The quantitative estimate of drug-likeness (QED) is 0.546. The van der Waals surface area contributed by atoms with Crippen molar-refractivity contribution < 1.29 is 4.79 Å². The summed E-state index contributed by atoms with van der Waals surface area (Å²) in [4.78, 5) is 14.8. The van der Waals surface area contributed by atoms with Gasteiger partial charge in [-0.15, -0.1) is 0 Å². The van der Waals surface area contributed by atoms with Gasteiger partial charge in [0, 0.05) is 32.0 Å². The smallest absolute Gasteiger partial charge is 0.225 e. The molecule has 1 atom stereocenters. The number of amides is 1. The molecular formula is C24H22Cl2N2O. The summed E-state index contributed by atoms with van der Waals surface area (Å²) < 4.78 is 0. The Balaban J connectivity index is 1.45. The number of benzene rings is 3. The highest BCUT2D eigenvalue weighted by Crippen LogP contribution is 2.33. The van der Waals surface area contributed by atoms with Crippen molar-refractivity contribution in [3.63, 3.8) is 0 Å². The molecule has 0 aliphatic carbocycles. The number of carbonyl (C=O) groups excluding carboxylic acids is 1. The van der Waals surface area contributed by atoms with Gasteiger partial charge in [0.1, 0.15) is 0 Å². The molecule has 1 unspecified atom stereocenters. The molecule has 0 spiro atoms. The van der Waals surface area contributed by atoms with Gasteiger partial charge in [0.25, 0.3) is 0 Å². The molecule has 0 radical (unpaired) electrons. The Morgan fingerprint density at radius 1 is 0.931 bits per heavy atom. The summed E-state index contributed by atoms with van der Waals surface area (Å²) in [7, 11) is 0. The van der Waals surface area contributed by atoms with E-state index < -0.39 is 0 Å². The van der Waals surface area contributed by atoms with Crippen molar-refractivity contribution in [3.8, 4) is 0 Å². The van der Waals surface area contributed by atoms with Crippen molar-refractivity contribution >= 4 is 34.8 Å². The first-order valence-corrected chi connectivity index (χ1v) is 10.5. The van der Waals surface area contributed by atoms with Gasteiger partial charge in [0.2, 0.25) is 5.91 Å². The molecule has 1 aliphatic heterocycles. The fourth-order valence-electron chi connectivity index (χ4n) is 3.90. The number of para-hydroxylation sites is 1. The number of carbonyl (C=O) groups is 1. The highest BCUT2D eigenvalue weighted by atomic mass is 35.5. The molecule has 3 aromatic rings. The largest absolute Gasteiger partial charge is 0.324 e. The van der Waals surface area contributed by atoms with Gasteiger partial charge in [0.05, 0.1) is 15.7 Å². The first-order valence-electron chi connectivity index (χ1n) is 9.71. The Morgan fingerprint density at radius 2 is 1.62 bits per heavy atom. The molecule has 4 rings (SSSR count). The minimum atomic E-state index is -0.0879. The molecule has 3 aromatic carbocycles. The van der Waals surface area contributed by atoms with Crippen molar-refractivity contribution in [3.05, 3.63) is 99.5 Å². The van der Waals surface area contributed by atoms with E-state index in [9.17, 15) is 4.79 Å². The van der Waals surface area contributed by atoms with Gasteiger partial charge < -0.3 is 5.32 Å². The summed E-state index contributed by atoms with van der Waals surface area (Å²) in [6, 6.07) is 24.3. The van der Waals surface area contributed by atoms with E-state index in [2.05, 4.69) is 58.7 Å². The normalized spacial score (nSPS) is 16.3. The van der Waals surface area contributed by atoms with Crippen LogP contribution in [0.2, 0.25) is 10.0 Å². The van der Waals surface area contributed by atoms with Crippen LogP contribution in [0.4, 0.5) is 5.69 Å². The van der Waals surface area contributed by atoms with E-state index in [1.54, 1.807) is 18.2 Å². The van der Waals surface area contributed by atoms with Gasteiger partial charge in [-0.3, -0.25) is 9.69 Å². The molecule has 1 heterocycles. The van der Waals surface area contributed by atoms with Gasteiger partial charge in [0.15, 0.2) is 0 Å². The minimum absolute atomic E-state index is 0.0879. The van der Waals surface area contributed by atoms with E-state index >= 15 is 0 Å². The van der Waals surface area contributed by atoms with E-state index in [0.29, 0.717) is 34.6 Å². The number of halogens is 2. The third kappa shape index (κ3) is 4.64. The summed E-state index contributed by atoms with van der Waals surface area (Å²) in [5.74, 6) is 0.220. The zero-order valence-electron chi connectivity index (χ0n) is 15.9. The predicted molar refractivity (Wildman–Crippen MR) is 120 cm³/mol. The lowest BCUT2D eigenvalue weighted by molar-refractivity contribution is -0.116. The van der Waals surface area contributed by atoms with Crippen LogP contribution >= 0.6 is 23.2 Å². The molecule has 0 fully saturated rings. The van der Waals surface area contributed by atoms with E-state index in [4.69, 9.17) is 23.2 Å². The van der Waals surface area contributed by atoms with Crippen molar-refractivity contribution in [1.82, 2.24) is 4.90 Å². The number of hydrogen-bond acceptors (Lipinski definition) is 2. The van der Waals surface area contributed by atoms with Crippen LogP contribution in [0.1, 0.15) is 29.0 Å². The number of nitrogens with zero attached hydrogens (tertiary/aromatic N) is 1. The molecule has 0 bridgehead atoms. The Kier molecular flexibility index (Phi) is 6.19. The van der Waals surface area contributed by atoms with Crippen LogP contribution in [0.15, 0.2) is 72.8 Å². The fourth-order valence-corrected chi connectivity index (χ4v) is 4.39. The molecule has 0 saturated heterocycles. The highest BCUT2D eigenvalue weighted by Gasteiger charge is 2.26. The lowest BCUT2D eigenvalue weighted by Crippen LogP contribution is -2.36. The maximum absolute atomic E-state index is 12.5. The van der Waals surface area contributed by atoms with Crippen molar-refractivity contribution in [2.45, 2.75) is 18.9 Å². The Labute approximate surface area is 181 Å². The van der Waals surface area contributed by atoms with Gasteiger partial charge >= 0.3 is 0 Å². The summed E-state index contributed by atoms with van der Waals surface area (Å²) in [6.45, 7) is 2.41. The predicted octanol–water partition coefficient (Wildman–Crippen LogP) is 5.97. The average Bonchev–Trinajstić information content (AvgIpc) is 2.75. The Hall–Kier alpha value is -2.33. The maximum atomic E-state index is 12.5. The molecule has 0 saturated carbocycles. The molecule has 5 heteroatoms. The van der Waals surface area contributed by atoms with Crippen molar-refractivity contribution in [2.24, 2.45) is 0 Å². The molecule has 3 nitrogen and oxygen atoms in total. The van der Waals surface area contributed by atoms with E-state index in [1.165, 1.54) is 16.7 Å². The van der Waals surface area contributed by atoms with Crippen LogP contribution in [-0.4, -0.2) is 23.9 Å². The standard InChI is InChI=1S/C24H22Cl2N2O/c25-21-11-6-12-22(26)24(21)27-23(29)13-14-28-15-18-9-4-5-10-19(18)20(16-28)17-7-2-1-3-8-17/h1-12,20H,13-16H2,(H,27,29). The third-order valence-electron chi connectivity index (χ3n) is 5.35. The zero-order valence-corrected chi connectivity index (χ0v) is 17.5. The van der Waals surface area contributed by atoms with Gasteiger partial charge in [-0.05, 0) is 28.8 Å². The molecule has 148 valence electrons. The number of anilines is 1. The van der Waals surface area contributed by atoms with Gasteiger partial charge in [-0.2, -0.15) is 0 Å². The maximum Gasteiger partial charge on any atom is 0.225 e. The number of fused-ring (bicyclic) bond motifs is 1. The minimum Gasteiger partial charge on any atom is -0.324 e. The van der Waals surface area contributed by atoms with Gasteiger partial charge in [-0.25, -0.2) is 0 Å². The summed E-state index contributed by atoms with van der Waals surface area (Å²) >= 11 is 12.3. The average molecular weight is 425 g/mol. The molecule has 29 heavy (non-hydrogen) atoms. The topological polar surface area (TPSA) is 32.3 Å². The summed E-state index contributed by atoms with van der Waals surface area (Å²) in [5, 5.41) is 3.74. The number of hydrogen-bond donors (Lipinski definition) is 1. The lowest BCUT2D eigenvalue weighted by atomic mass is 9.84. The zero-order chi connectivity index (χ0) is 20.2. The monoisotopic (exact) mass is 424 g/mol. The molecule has 0 aromatic heterocycles. The second-order valence-electron chi connectivity index (χ2n) is 7.29. The lowest BCUT2D eigenvalue weighted by Gasteiger charge is -2.35. The van der Waals surface area contributed by atoms with Gasteiger partial charge in [-0.1, -0.05) is 83.9 Å². The second kappa shape index (κ2) is 9.00. The summed E-state index contributed by atoms with van der Waals surface area (Å²) in [5.41, 5.74) is 4.48. The van der Waals surface area contributed by atoms with Crippen molar-refractivity contribution in [2.75, 3.05) is 18.4 Å². The van der Waals surface area contributed by atoms with Crippen LogP contribution < -0.4 is 5.32 Å². The van der Waals surface area contributed by atoms with E-state index in [1.807, 2.05) is 6.07 Å². The fraction of sp³-hybridized carbons (Fsp3) is 0.208. The molecular weight excluding hydrogens is 403 g/mol. The van der Waals surface area contributed by atoms with Crippen LogP contribution in [0.3, 0.4) is 0 Å². The van der Waals surface area contributed by atoms with E-state index in [-0.39, 0.29) is 5.91 Å². The van der Waals surface area contributed by atoms with Crippen LogP contribution in [0.5, 0.6) is 0 Å². The SMILES string of the molecule is O=C(CCN1Cc2ccccc2C(c2ccccc2)C1)Nc1c(Cl)cccc1Cl. The number of rotatable bonds is 5. The van der Waals surface area contributed by atoms with Crippen LogP contribution in [0.25, 0.3) is 0 Å². The molecule has 1 N–H and O–H groups in total.